The minimum Gasteiger partial charge on any atom is -0.302 e. The number of nitrogens with zero attached hydrogens (tertiary/aromatic N) is 1. The lowest BCUT2D eigenvalue weighted by Crippen LogP contribution is -2.16. The van der Waals surface area contributed by atoms with E-state index in [2.05, 4.69) is 0 Å². The van der Waals surface area contributed by atoms with Crippen molar-refractivity contribution in [1.29, 1.82) is 5.26 Å². The van der Waals surface area contributed by atoms with Crippen LogP contribution < -0.4 is 0 Å². The predicted octanol–water partition coefficient (Wildman–Crippen LogP) is 2.64. The molecule has 3 rings (SSSR count). The van der Waals surface area contributed by atoms with Crippen molar-refractivity contribution in [1.82, 2.24) is 0 Å². The first-order chi connectivity index (χ1) is 11.0. The van der Waals surface area contributed by atoms with Gasteiger partial charge in [-0.3, -0.25) is 0 Å². The Morgan fingerprint density at radius 3 is 2.22 bits per heavy atom. The van der Waals surface area contributed by atoms with Crippen molar-refractivity contribution in [3.63, 3.8) is 0 Å². The summed E-state index contributed by atoms with van der Waals surface area (Å²) in [7, 11) is -3.77. The Kier molecular flexibility index (Phi) is 3.57. The summed E-state index contributed by atoms with van der Waals surface area (Å²) >= 11 is 0. The van der Waals surface area contributed by atoms with E-state index in [1.807, 2.05) is 19.1 Å². The molecule has 2 aromatic carbocycles. The molecule has 23 heavy (non-hydrogen) atoms. The number of hydrogen-bond donors (Lipinski definition) is 0. The van der Waals surface area contributed by atoms with Crippen LogP contribution in [0, 0.1) is 23.7 Å². The number of carbonyl (C=O) groups excluding carboxylic acids is 1. The molecule has 1 aliphatic carbocycles. The van der Waals surface area contributed by atoms with Gasteiger partial charge < -0.3 is 4.79 Å². The van der Waals surface area contributed by atoms with Crippen molar-refractivity contribution in [3.05, 3.63) is 65.7 Å². The zero-order valence-electron chi connectivity index (χ0n) is 12.5. The Hall–Kier alpha value is -2.45. The maximum Gasteiger partial charge on any atom is 0.183 e. The maximum atomic E-state index is 12.9. The summed E-state index contributed by atoms with van der Waals surface area (Å²) in [5.74, 6) is -0.627. The van der Waals surface area contributed by atoms with Gasteiger partial charge in [0.1, 0.15) is 17.0 Å². The van der Waals surface area contributed by atoms with E-state index in [1.165, 1.54) is 12.1 Å². The van der Waals surface area contributed by atoms with Crippen molar-refractivity contribution in [2.24, 2.45) is 5.41 Å². The van der Waals surface area contributed by atoms with Crippen LogP contribution in [0.4, 0.5) is 0 Å². The number of aryl methyl sites for hydroxylation is 1. The van der Waals surface area contributed by atoms with E-state index < -0.39 is 26.4 Å². The van der Waals surface area contributed by atoms with Gasteiger partial charge in [0.2, 0.25) is 0 Å². The molecule has 1 aliphatic rings. The molecule has 1 fully saturated rings. The zero-order valence-corrected chi connectivity index (χ0v) is 13.3. The standard InChI is InChI=1S/C18H15NO3S/c1-13-7-9-15(10-8-13)23(21,22)17-16(18(17,11-19)12-20)14-5-3-2-4-6-14/h2-10,12,16-17H,1H3. The number of benzene rings is 2. The Balaban J connectivity index is 2.09. The van der Waals surface area contributed by atoms with Gasteiger partial charge in [0.15, 0.2) is 9.84 Å². The number of nitriles is 1. The van der Waals surface area contributed by atoms with E-state index in [0.717, 1.165) is 5.56 Å². The van der Waals surface area contributed by atoms with E-state index in [-0.39, 0.29) is 4.90 Å². The fourth-order valence-electron chi connectivity index (χ4n) is 3.10. The van der Waals surface area contributed by atoms with E-state index in [9.17, 15) is 18.5 Å². The zero-order chi connectivity index (χ0) is 16.7. The summed E-state index contributed by atoms with van der Waals surface area (Å²) in [4.78, 5) is 11.7. The number of sulfone groups is 1. The highest BCUT2D eigenvalue weighted by atomic mass is 32.2. The monoisotopic (exact) mass is 325 g/mol. The van der Waals surface area contributed by atoms with E-state index in [1.54, 1.807) is 36.4 Å². The van der Waals surface area contributed by atoms with Crippen LogP contribution in [0.3, 0.4) is 0 Å². The highest BCUT2D eigenvalue weighted by Gasteiger charge is 2.72. The van der Waals surface area contributed by atoms with Gasteiger partial charge in [0, 0.05) is 5.92 Å². The second-order valence-corrected chi connectivity index (χ2v) is 7.90. The van der Waals surface area contributed by atoms with Gasteiger partial charge in [0.25, 0.3) is 0 Å². The lowest BCUT2D eigenvalue weighted by molar-refractivity contribution is -0.110. The third kappa shape index (κ3) is 2.27. The minimum atomic E-state index is -3.77. The fourth-order valence-corrected chi connectivity index (χ4v) is 5.33. The Morgan fingerprint density at radius 2 is 1.70 bits per heavy atom. The molecule has 0 spiro atoms. The number of rotatable bonds is 4. The Bertz CT molecular complexity index is 882. The molecule has 0 aliphatic heterocycles. The molecule has 0 bridgehead atoms. The first kappa shape index (κ1) is 15.4. The summed E-state index contributed by atoms with van der Waals surface area (Å²) < 4.78 is 25.8. The van der Waals surface area contributed by atoms with Crippen LogP contribution >= 0.6 is 0 Å². The predicted molar refractivity (Wildman–Crippen MR) is 85.4 cm³/mol. The molecule has 5 heteroatoms. The number of aldehydes is 1. The molecule has 0 aromatic heterocycles. The number of hydrogen-bond acceptors (Lipinski definition) is 4. The first-order valence-corrected chi connectivity index (χ1v) is 8.75. The Labute approximate surface area is 135 Å². The third-order valence-corrected chi connectivity index (χ3v) is 6.67. The van der Waals surface area contributed by atoms with Crippen LogP contribution in [0.5, 0.6) is 0 Å². The fraction of sp³-hybridized carbons (Fsp3) is 0.222. The second-order valence-electron chi connectivity index (χ2n) is 5.83. The molecule has 3 unspecified atom stereocenters. The van der Waals surface area contributed by atoms with E-state index in [4.69, 9.17) is 0 Å². The van der Waals surface area contributed by atoms with Gasteiger partial charge in [-0.25, -0.2) is 8.42 Å². The van der Waals surface area contributed by atoms with Crippen LogP contribution in [0.15, 0.2) is 59.5 Å². The summed E-state index contributed by atoms with van der Waals surface area (Å²) in [6.07, 6.45) is 0.487. The molecule has 0 N–H and O–H groups in total. The average molecular weight is 325 g/mol. The molecule has 3 atom stereocenters. The molecular formula is C18H15NO3S. The van der Waals surface area contributed by atoms with Crippen molar-refractivity contribution < 1.29 is 13.2 Å². The van der Waals surface area contributed by atoms with Gasteiger partial charge in [-0.05, 0) is 24.6 Å². The van der Waals surface area contributed by atoms with Gasteiger partial charge in [-0.1, -0.05) is 48.0 Å². The number of carbonyl (C=O) groups is 1. The lowest BCUT2D eigenvalue weighted by Gasteiger charge is -2.05. The highest BCUT2D eigenvalue weighted by molar-refractivity contribution is 7.92. The molecule has 2 aromatic rings. The van der Waals surface area contributed by atoms with E-state index in [0.29, 0.717) is 11.8 Å². The SMILES string of the molecule is Cc1ccc(S(=O)(=O)C2C(c3ccccc3)C2(C#N)C=O)cc1. The average Bonchev–Trinajstić information content (AvgIpc) is 3.27. The smallest absolute Gasteiger partial charge is 0.183 e. The van der Waals surface area contributed by atoms with Crippen LogP contribution in [-0.4, -0.2) is 20.0 Å². The molecule has 0 heterocycles. The van der Waals surface area contributed by atoms with Gasteiger partial charge in [-0.2, -0.15) is 5.26 Å². The Morgan fingerprint density at radius 1 is 1.09 bits per heavy atom. The first-order valence-electron chi connectivity index (χ1n) is 7.20. The molecule has 0 amide bonds. The maximum absolute atomic E-state index is 12.9. The van der Waals surface area contributed by atoms with Crippen molar-refractivity contribution in [3.8, 4) is 6.07 Å². The van der Waals surface area contributed by atoms with Crippen LogP contribution in [0.25, 0.3) is 0 Å². The van der Waals surface area contributed by atoms with Crippen LogP contribution in [0.2, 0.25) is 0 Å². The molecule has 116 valence electrons. The van der Waals surface area contributed by atoms with Crippen LogP contribution in [0.1, 0.15) is 17.0 Å². The minimum absolute atomic E-state index is 0.146. The normalized spacial score (nSPS) is 26.3. The molecule has 0 radical (unpaired) electrons. The summed E-state index contributed by atoms with van der Waals surface area (Å²) in [6.45, 7) is 1.87. The quantitative estimate of drug-likeness (QED) is 0.810. The van der Waals surface area contributed by atoms with Crippen LogP contribution in [-0.2, 0) is 14.6 Å². The summed E-state index contributed by atoms with van der Waals surface area (Å²) in [5, 5.41) is 8.43. The van der Waals surface area contributed by atoms with Crippen molar-refractivity contribution >= 4 is 16.1 Å². The molecule has 0 saturated heterocycles. The third-order valence-electron chi connectivity index (χ3n) is 4.41. The second kappa shape index (κ2) is 5.32. The molecule has 4 nitrogen and oxygen atoms in total. The van der Waals surface area contributed by atoms with Gasteiger partial charge in [-0.15, -0.1) is 0 Å². The van der Waals surface area contributed by atoms with E-state index >= 15 is 0 Å². The van der Waals surface area contributed by atoms with Crippen molar-refractivity contribution in [2.45, 2.75) is 23.0 Å². The lowest BCUT2D eigenvalue weighted by atomic mass is 10.0. The van der Waals surface area contributed by atoms with Gasteiger partial charge >= 0.3 is 0 Å². The summed E-state index contributed by atoms with van der Waals surface area (Å²) in [6, 6.07) is 17.3. The summed E-state index contributed by atoms with van der Waals surface area (Å²) in [5.41, 5.74) is 0.133. The largest absolute Gasteiger partial charge is 0.302 e. The topological polar surface area (TPSA) is 75.0 Å². The molecule has 1 saturated carbocycles. The molecular weight excluding hydrogens is 310 g/mol. The van der Waals surface area contributed by atoms with Gasteiger partial charge in [0.05, 0.1) is 11.0 Å². The van der Waals surface area contributed by atoms with Crippen molar-refractivity contribution in [2.75, 3.05) is 0 Å². The highest BCUT2D eigenvalue weighted by Crippen LogP contribution is 2.62.